The number of hydrogen-bond donors (Lipinski definition) is 3. The van der Waals surface area contributed by atoms with Gasteiger partial charge in [0.1, 0.15) is 0 Å². The molecule has 0 fully saturated rings. The van der Waals surface area contributed by atoms with Gasteiger partial charge in [0.2, 0.25) is 0 Å². The molecule has 114 valence electrons. The number of hydrogen-bond acceptors (Lipinski definition) is 4. The average molecular weight is 299 g/mol. The normalized spacial score (nSPS) is 14.2. The Kier molecular flexibility index (Phi) is 5.95. The Morgan fingerprint density at radius 2 is 2.05 bits per heavy atom. The van der Waals surface area contributed by atoms with Crippen molar-refractivity contribution in [3.63, 3.8) is 0 Å². The first-order valence-corrected chi connectivity index (χ1v) is 7.71. The molecule has 1 heterocycles. The van der Waals surface area contributed by atoms with E-state index in [9.17, 15) is 9.90 Å². The van der Waals surface area contributed by atoms with Crippen molar-refractivity contribution in [3.8, 4) is 0 Å². The van der Waals surface area contributed by atoms with E-state index in [2.05, 4.69) is 15.6 Å². The molecule has 20 heavy (non-hydrogen) atoms. The number of amides is 2. The zero-order chi connectivity index (χ0) is 15.3. The van der Waals surface area contributed by atoms with Crippen LogP contribution in [0, 0.1) is 19.8 Å². The minimum absolute atomic E-state index is 0.0885. The lowest BCUT2D eigenvalue weighted by atomic mass is 9.93. The molecule has 1 aromatic heterocycles. The predicted octanol–water partition coefficient (Wildman–Crippen LogP) is 2.01. The summed E-state index contributed by atoms with van der Waals surface area (Å²) in [5, 5.41) is 16.6. The summed E-state index contributed by atoms with van der Waals surface area (Å²) in [5.41, 5.74) is 0.153. The Morgan fingerprint density at radius 3 is 2.55 bits per heavy atom. The number of aliphatic hydroxyl groups is 1. The number of aromatic nitrogens is 1. The van der Waals surface area contributed by atoms with Gasteiger partial charge in [-0.25, -0.2) is 9.78 Å². The molecule has 0 aromatic carbocycles. The number of thiazole rings is 1. The summed E-state index contributed by atoms with van der Waals surface area (Å²) in [5.74, 6) is 0.0885. The topological polar surface area (TPSA) is 74.2 Å². The van der Waals surface area contributed by atoms with Crippen molar-refractivity contribution in [1.82, 2.24) is 15.6 Å². The Labute approximate surface area is 124 Å². The van der Waals surface area contributed by atoms with Gasteiger partial charge in [-0.1, -0.05) is 13.8 Å². The van der Waals surface area contributed by atoms with Gasteiger partial charge < -0.3 is 15.7 Å². The predicted molar refractivity (Wildman–Crippen MR) is 82.2 cm³/mol. The number of nitrogens with one attached hydrogen (secondary N) is 2. The van der Waals surface area contributed by atoms with Crippen molar-refractivity contribution in [3.05, 3.63) is 15.6 Å². The Balaban J connectivity index is 2.29. The molecule has 1 rings (SSSR count). The fourth-order valence-corrected chi connectivity index (χ4v) is 2.56. The van der Waals surface area contributed by atoms with Gasteiger partial charge in [0, 0.05) is 24.4 Å². The Hall–Kier alpha value is -1.14. The van der Waals surface area contributed by atoms with E-state index in [-0.39, 0.29) is 18.5 Å². The minimum Gasteiger partial charge on any atom is -0.388 e. The summed E-state index contributed by atoms with van der Waals surface area (Å²) < 4.78 is 0. The van der Waals surface area contributed by atoms with Gasteiger partial charge >= 0.3 is 6.03 Å². The van der Waals surface area contributed by atoms with E-state index in [1.54, 1.807) is 18.3 Å². The average Bonchev–Trinajstić information content (AvgIpc) is 2.65. The molecule has 1 unspecified atom stereocenters. The van der Waals surface area contributed by atoms with Crippen LogP contribution < -0.4 is 10.6 Å². The van der Waals surface area contributed by atoms with Crippen molar-refractivity contribution < 1.29 is 9.90 Å². The van der Waals surface area contributed by atoms with E-state index in [1.165, 1.54) is 4.88 Å². The molecule has 0 radical (unpaired) electrons. The number of nitrogens with zero attached hydrogens (tertiary/aromatic N) is 1. The number of urea groups is 1. The zero-order valence-corrected chi connectivity index (χ0v) is 13.7. The second-order valence-corrected chi connectivity index (χ2v) is 6.90. The van der Waals surface area contributed by atoms with Crippen LogP contribution >= 0.6 is 11.3 Å². The highest BCUT2D eigenvalue weighted by molar-refractivity contribution is 7.11. The summed E-state index contributed by atoms with van der Waals surface area (Å²) in [4.78, 5) is 17.2. The van der Waals surface area contributed by atoms with E-state index in [0.29, 0.717) is 6.54 Å². The molecule has 0 aliphatic carbocycles. The number of aryl methyl sites for hydroxylation is 2. The number of carbonyl (C=O) groups excluding carboxylic acids is 1. The Morgan fingerprint density at radius 1 is 1.40 bits per heavy atom. The van der Waals surface area contributed by atoms with Gasteiger partial charge in [-0.2, -0.15) is 0 Å². The molecule has 3 N–H and O–H groups in total. The third-order valence-corrected chi connectivity index (χ3v) is 4.62. The highest BCUT2D eigenvalue weighted by Crippen LogP contribution is 2.17. The highest BCUT2D eigenvalue weighted by Gasteiger charge is 2.25. The summed E-state index contributed by atoms with van der Waals surface area (Å²) in [6.45, 7) is 10.4. The van der Waals surface area contributed by atoms with Crippen molar-refractivity contribution >= 4 is 17.4 Å². The van der Waals surface area contributed by atoms with Crippen LogP contribution in [-0.2, 0) is 6.42 Å². The lowest BCUT2D eigenvalue weighted by Gasteiger charge is -2.27. The monoisotopic (exact) mass is 299 g/mol. The van der Waals surface area contributed by atoms with E-state index in [4.69, 9.17) is 0 Å². The maximum absolute atomic E-state index is 11.6. The standard InChI is InChI=1S/C14H25N3O2S/c1-9(2)14(5,19)8-16-13(18)15-7-6-12-10(3)17-11(4)20-12/h9,19H,6-8H2,1-5H3,(H2,15,16,18). The lowest BCUT2D eigenvalue weighted by Crippen LogP contribution is -2.47. The van der Waals surface area contributed by atoms with Gasteiger partial charge in [0.25, 0.3) is 0 Å². The fourth-order valence-electron chi connectivity index (χ4n) is 1.62. The van der Waals surface area contributed by atoms with Crippen LogP contribution in [-0.4, -0.2) is 34.8 Å². The molecule has 0 saturated carbocycles. The van der Waals surface area contributed by atoms with Crippen molar-refractivity contribution in [1.29, 1.82) is 0 Å². The van der Waals surface area contributed by atoms with E-state index >= 15 is 0 Å². The summed E-state index contributed by atoms with van der Waals surface area (Å²) in [6, 6.07) is -0.246. The van der Waals surface area contributed by atoms with Crippen molar-refractivity contribution in [2.75, 3.05) is 13.1 Å². The van der Waals surface area contributed by atoms with Gasteiger partial charge in [-0.05, 0) is 26.7 Å². The summed E-state index contributed by atoms with van der Waals surface area (Å²) >= 11 is 1.66. The van der Waals surface area contributed by atoms with E-state index < -0.39 is 5.60 Å². The van der Waals surface area contributed by atoms with E-state index in [1.807, 2.05) is 27.7 Å². The fraction of sp³-hybridized carbons (Fsp3) is 0.714. The first-order valence-electron chi connectivity index (χ1n) is 6.89. The molecule has 5 nitrogen and oxygen atoms in total. The second kappa shape index (κ2) is 7.04. The molecule has 2 amide bonds. The van der Waals surface area contributed by atoms with Gasteiger partial charge in [-0.3, -0.25) is 0 Å². The van der Waals surface area contributed by atoms with Crippen LogP contribution in [0.4, 0.5) is 4.79 Å². The van der Waals surface area contributed by atoms with Gasteiger partial charge in [0.05, 0.1) is 16.3 Å². The summed E-state index contributed by atoms with van der Waals surface area (Å²) in [7, 11) is 0. The second-order valence-electron chi connectivity index (χ2n) is 5.61. The molecule has 0 saturated heterocycles. The highest BCUT2D eigenvalue weighted by atomic mass is 32.1. The molecule has 1 atom stereocenters. The summed E-state index contributed by atoms with van der Waals surface area (Å²) in [6.07, 6.45) is 0.783. The molecule has 0 aliphatic rings. The lowest BCUT2D eigenvalue weighted by molar-refractivity contribution is 0.0166. The van der Waals surface area contributed by atoms with Crippen LogP contribution in [0.25, 0.3) is 0 Å². The number of rotatable bonds is 6. The maximum atomic E-state index is 11.6. The van der Waals surface area contributed by atoms with Crippen LogP contribution in [0.15, 0.2) is 0 Å². The molecule has 0 spiro atoms. The third-order valence-electron chi connectivity index (χ3n) is 3.49. The Bertz CT molecular complexity index is 455. The maximum Gasteiger partial charge on any atom is 0.314 e. The van der Waals surface area contributed by atoms with Crippen LogP contribution in [0.3, 0.4) is 0 Å². The van der Waals surface area contributed by atoms with E-state index in [0.717, 1.165) is 17.1 Å². The van der Waals surface area contributed by atoms with Crippen LogP contribution in [0.2, 0.25) is 0 Å². The minimum atomic E-state index is -0.886. The van der Waals surface area contributed by atoms with Gasteiger partial charge in [-0.15, -0.1) is 11.3 Å². The third kappa shape index (κ3) is 5.09. The SMILES string of the molecule is Cc1nc(C)c(CCNC(=O)NCC(C)(O)C(C)C)s1. The molecular formula is C14H25N3O2S. The van der Waals surface area contributed by atoms with Gasteiger partial charge in [0.15, 0.2) is 0 Å². The molecule has 6 heteroatoms. The molecular weight excluding hydrogens is 274 g/mol. The zero-order valence-electron chi connectivity index (χ0n) is 12.9. The largest absolute Gasteiger partial charge is 0.388 e. The quantitative estimate of drug-likeness (QED) is 0.752. The first kappa shape index (κ1) is 16.9. The molecule has 0 bridgehead atoms. The van der Waals surface area contributed by atoms with Crippen LogP contribution in [0.1, 0.15) is 36.3 Å². The van der Waals surface area contributed by atoms with Crippen molar-refractivity contribution in [2.45, 2.75) is 46.6 Å². The smallest absolute Gasteiger partial charge is 0.314 e. The molecule has 1 aromatic rings. The first-order chi connectivity index (χ1) is 9.22. The molecule has 0 aliphatic heterocycles. The van der Waals surface area contributed by atoms with Crippen molar-refractivity contribution in [2.24, 2.45) is 5.92 Å². The van der Waals surface area contributed by atoms with Crippen LogP contribution in [0.5, 0.6) is 0 Å². The number of carbonyl (C=O) groups is 1.